The predicted molar refractivity (Wildman–Crippen MR) is 113 cm³/mol. The molecule has 0 radical (unpaired) electrons. The molecule has 2 heterocycles. The number of nitrogens with one attached hydrogen (secondary N) is 1. The van der Waals surface area contributed by atoms with Gasteiger partial charge >= 0.3 is 6.18 Å². The number of rotatable bonds is 4. The molecular weight excluding hydrogens is 445 g/mol. The van der Waals surface area contributed by atoms with Crippen molar-refractivity contribution in [1.82, 2.24) is 14.8 Å². The van der Waals surface area contributed by atoms with Crippen LogP contribution < -0.4 is 5.32 Å². The number of oxazole rings is 1. The molecule has 0 aliphatic heterocycles. The number of hydrogen-bond acceptors (Lipinski definition) is 4. The second kappa shape index (κ2) is 8.16. The first kappa shape index (κ1) is 21.6. The van der Waals surface area contributed by atoms with Gasteiger partial charge in [-0.3, -0.25) is 4.79 Å². The average molecular weight is 461 g/mol. The second-order valence-corrected chi connectivity index (χ2v) is 7.42. The summed E-state index contributed by atoms with van der Waals surface area (Å²) in [6.07, 6.45) is -3.94. The Hall–Kier alpha value is -3.59. The van der Waals surface area contributed by atoms with E-state index in [1.165, 1.54) is 24.3 Å². The highest BCUT2D eigenvalue weighted by atomic mass is 35.5. The topological polar surface area (TPSA) is 73.0 Å². The third-order valence-corrected chi connectivity index (χ3v) is 5.00. The standard InChI is InChI=1S/C22H16ClF3N4O2/c1-12-13(2)32-21(28-12)14-4-3-5-16(10-14)29-20(31)18-11-27-30(19(18)22(24,25)26)17-8-6-15(23)7-9-17/h3-11H,1-2H3,(H,29,31). The summed E-state index contributed by atoms with van der Waals surface area (Å²) in [5, 5.41) is 6.65. The molecule has 0 fully saturated rings. The molecule has 2 aromatic carbocycles. The van der Waals surface area contributed by atoms with E-state index in [1.807, 2.05) is 0 Å². The monoisotopic (exact) mass is 460 g/mol. The minimum Gasteiger partial charge on any atom is -0.441 e. The van der Waals surface area contributed by atoms with Gasteiger partial charge in [-0.05, 0) is 56.3 Å². The number of halogens is 4. The zero-order chi connectivity index (χ0) is 23.0. The summed E-state index contributed by atoms with van der Waals surface area (Å²) in [6, 6.07) is 12.1. The maximum Gasteiger partial charge on any atom is 0.434 e. The fraction of sp³-hybridized carbons (Fsp3) is 0.136. The zero-order valence-corrected chi connectivity index (χ0v) is 17.6. The fourth-order valence-electron chi connectivity index (χ4n) is 3.09. The van der Waals surface area contributed by atoms with Gasteiger partial charge in [0.05, 0.1) is 23.1 Å². The number of carbonyl (C=O) groups is 1. The van der Waals surface area contributed by atoms with Crippen LogP contribution in [0.3, 0.4) is 0 Å². The van der Waals surface area contributed by atoms with E-state index in [0.29, 0.717) is 26.9 Å². The van der Waals surface area contributed by atoms with Crippen molar-refractivity contribution in [1.29, 1.82) is 0 Å². The third-order valence-electron chi connectivity index (χ3n) is 4.75. The molecule has 0 spiro atoms. The van der Waals surface area contributed by atoms with Crippen LogP contribution in [0.1, 0.15) is 27.5 Å². The number of anilines is 1. The molecule has 2 aromatic heterocycles. The van der Waals surface area contributed by atoms with Crippen molar-refractivity contribution in [3.05, 3.63) is 82.5 Å². The molecule has 1 N–H and O–H groups in total. The number of aromatic nitrogens is 3. The van der Waals surface area contributed by atoms with Crippen LogP contribution in [-0.4, -0.2) is 20.7 Å². The van der Waals surface area contributed by atoms with Crippen molar-refractivity contribution < 1.29 is 22.4 Å². The van der Waals surface area contributed by atoms with Crippen LogP contribution in [0, 0.1) is 13.8 Å². The summed E-state index contributed by atoms with van der Waals surface area (Å²) in [5.74, 6) is 0.0518. The lowest BCUT2D eigenvalue weighted by atomic mass is 10.1. The van der Waals surface area contributed by atoms with Crippen LogP contribution in [-0.2, 0) is 6.18 Å². The summed E-state index contributed by atoms with van der Waals surface area (Å²) in [6.45, 7) is 3.57. The summed E-state index contributed by atoms with van der Waals surface area (Å²) in [4.78, 5) is 17.1. The lowest BCUT2D eigenvalue weighted by Gasteiger charge is -2.13. The Bertz CT molecular complexity index is 1270. The largest absolute Gasteiger partial charge is 0.441 e. The summed E-state index contributed by atoms with van der Waals surface area (Å²) in [5.41, 5.74) is -0.0929. The molecule has 0 aliphatic carbocycles. The third kappa shape index (κ3) is 4.24. The van der Waals surface area contributed by atoms with Gasteiger partial charge < -0.3 is 9.73 Å². The molecule has 0 saturated heterocycles. The lowest BCUT2D eigenvalue weighted by Crippen LogP contribution is -2.20. The Morgan fingerprint density at radius 2 is 1.84 bits per heavy atom. The van der Waals surface area contributed by atoms with E-state index < -0.39 is 23.3 Å². The van der Waals surface area contributed by atoms with E-state index in [9.17, 15) is 18.0 Å². The molecule has 4 aromatic rings. The molecule has 4 rings (SSSR count). The highest BCUT2D eigenvalue weighted by Crippen LogP contribution is 2.34. The average Bonchev–Trinajstić information content (AvgIpc) is 3.33. The van der Waals surface area contributed by atoms with Crippen molar-refractivity contribution >= 4 is 23.2 Å². The van der Waals surface area contributed by atoms with Gasteiger partial charge in [0.1, 0.15) is 5.76 Å². The Morgan fingerprint density at radius 1 is 1.12 bits per heavy atom. The molecule has 0 aliphatic rings. The maximum absolute atomic E-state index is 13.8. The van der Waals surface area contributed by atoms with Crippen LogP contribution in [0.4, 0.5) is 18.9 Å². The smallest absolute Gasteiger partial charge is 0.434 e. The molecular formula is C22H16ClF3N4O2. The van der Waals surface area contributed by atoms with Gasteiger partial charge in [-0.15, -0.1) is 0 Å². The highest BCUT2D eigenvalue weighted by molar-refractivity contribution is 6.30. The van der Waals surface area contributed by atoms with Gasteiger partial charge in [-0.2, -0.15) is 18.3 Å². The predicted octanol–water partition coefficient (Wildman–Crippen LogP) is 6.07. The molecule has 0 bridgehead atoms. The highest BCUT2D eigenvalue weighted by Gasteiger charge is 2.40. The van der Waals surface area contributed by atoms with E-state index in [-0.39, 0.29) is 11.4 Å². The van der Waals surface area contributed by atoms with E-state index in [2.05, 4.69) is 15.4 Å². The molecule has 1 amide bonds. The lowest BCUT2D eigenvalue weighted by molar-refractivity contribution is -0.143. The van der Waals surface area contributed by atoms with E-state index in [4.69, 9.17) is 16.0 Å². The van der Waals surface area contributed by atoms with Crippen molar-refractivity contribution in [2.24, 2.45) is 0 Å². The van der Waals surface area contributed by atoms with Gasteiger partial charge in [0.25, 0.3) is 5.91 Å². The van der Waals surface area contributed by atoms with Crippen LogP contribution in [0.5, 0.6) is 0 Å². The van der Waals surface area contributed by atoms with Gasteiger partial charge in [0.2, 0.25) is 5.89 Å². The summed E-state index contributed by atoms with van der Waals surface area (Å²) < 4.78 is 47.8. The Kier molecular flexibility index (Phi) is 5.52. The molecule has 6 nitrogen and oxygen atoms in total. The Balaban J connectivity index is 1.67. The first-order valence-corrected chi connectivity index (χ1v) is 9.78. The minimum atomic E-state index is -4.82. The van der Waals surface area contributed by atoms with Gasteiger partial charge in [0.15, 0.2) is 5.69 Å². The number of hydrogen-bond donors (Lipinski definition) is 1. The molecule has 10 heteroatoms. The van der Waals surface area contributed by atoms with Crippen LogP contribution >= 0.6 is 11.6 Å². The first-order valence-electron chi connectivity index (χ1n) is 9.40. The first-order chi connectivity index (χ1) is 15.1. The van der Waals surface area contributed by atoms with Gasteiger partial charge in [-0.25, -0.2) is 9.67 Å². The van der Waals surface area contributed by atoms with Crippen LogP contribution in [0.25, 0.3) is 17.1 Å². The van der Waals surface area contributed by atoms with Crippen molar-refractivity contribution in [2.75, 3.05) is 5.32 Å². The van der Waals surface area contributed by atoms with Gasteiger partial charge in [0, 0.05) is 16.3 Å². The second-order valence-electron chi connectivity index (χ2n) is 6.99. The molecule has 32 heavy (non-hydrogen) atoms. The number of carbonyl (C=O) groups excluding carboxylic acids is 1. The molecule has 164 valence electrons. The minimum absolute atomic E-state index is 0.123. The van der Waals surface area contributed by atoms with Crippen molar-refractivity contribution in [3.63, 3.8) is 0 Å². The molecule has 0 saturated carbocycles. The fourth-order valence-corrected chi connectivity index (χ4v) is 3.22. The van der Waals surface area contributed by atoms with E-state index >= 15 is 0 Å². The van der Waals surface area contributed by atoms with Crippen LogP contribution in [0.2, 0.25) is 5.02 Å². The normalized spacial score (nSPS) is 11.6. The van der Waals surface area contributed by atoms with Crippen molar-refractivity contribution in [3.8, 4) is 17.1 Å². The van der Waals surface area contributed by atoms with E-state index in [0.717, 1.165) is 11.9 Å². The summed E-state index contributed by atoms with van der Waals surface area (Å²) >= 11 is 5.81. The number of amides is 1. The Labute approximate surface area is 185 Å². The maximum atomic E-state index is 13.8. The number of nitrogens with zero attached hydrogens (tertiary/aromatic N) is 3. The molecule has 0 unspecified atom stereocenters. The zero-order valence-electron chi connectivity index (χ0n) is 16.9. The SMILES string of the molecule is Cc1nc(-c2cccc(NC(=O)c3cnn(-c4ccc(Cl)cc4)c3C(F)(F)F)c2)oc1C. The van der Waals surface area contributed by atoms with Crippen molar-refractivity contribution in [2.45, 2.75) is 20.0 Å². The number of aryl methyl sites for hydroxylation is 2. The summed E-state index contributed by atoms with van der Waals surface area (Å²) in [7, 11) is 0. The Morgan fingerprint density at radius 3 is 2.47 bits per heavy atom. The van der Waals surface area contributed by atoms with E-state index in [1.54, 1.807) is 38.1 Å². The molecule has 0 atom stereocenters. The van der Waals surface area contributed by atoms with Gasteiger partial charge in [-0.1, -0.05) is 17.7 Å². The quantitative estimate of drug-likeness (QED) is 0.401. The number of alkyl halides is 3. The number of benzene rings is 2. The van der Waals surface area contributed by atoms with Crippen LogP contribution in [0.15, 0.2) is 59.1 Å².